The summed E-state index contributed by atoms with van der Waals surface area (Å²) in [5, 5.41) is 0. The molecule has 0 aliphatic rings. The number of hydrogen-bond donors (Lipinski definition) is 1. The molecule has 0 amide bonds. The predicted octanol–water partition coefficient (Wildman–Crippen LogP) is 11.5. The van der Waals surface area contributed by atoms with E-state index in [1.807, 2.05) is 67.6 Å². The molecular weight excluding hydrogens is 897 g/mol. The molecule has 0 unspecified atom stereocenters. The summed E-state index contributed by atoms with van der Waals surface area (Å²) >= 11 is 0. The Balaban J connectivity index is 0.843. The normalized spacial score (nSPS) is 11.7. The minimum atomic E-state index is -4.86. The highest BCUT2D eigenvalue weighted by molar-refractivity contribution is 7.92. The smallest absolute Gasteiger partial charge is 0.298 e. The van der Waals surface area contributed by atoms with Crippen LogP contribution in [0, 0.1) is 6.92 Å². The highest BCUT2D eigenvalue weighted by atomic mass is 32.2. The summed E-state index contributed by atoms with van der Waals surface area (Å²) in [5.41, 5.74) is 5.02. The summed E-state index contributed by atoms with van der Waals surface area (Å²) in [6, 6.07) is 51.9. The summed E-state index contributed by atoms with van der Waals surface area (Å²) in [6.07, 6.45) is 1.31. The van der Waals surface area contributed by atoms with Crippen LogP contribution in [0.1, 0.15) is 27.8 Å². The van der Waals surface area contributed by atoms with E-state index >= 15 is 0 Å². The summed E-state index contributed by atoms with van der Waals surface area (Å²) in [4.78, 5) is -0.775. The summed E-state index contributed by atoms with van der Waals surface area (Å²) in [5.74, 6) is 2.98. The SMILES string of the molecule is COc1ccc(Cc2ccc(Oc3ccc(S(=O)(=O)c4ccc(Oc5ccc(Cc6ccc(Oc7ccc(S(=O)(=O)c8ccc(C)cc8)cc7S(=O)(=O)O)cc6)cc5)cc4)cc3)cc2)cc1. The lowest BCUT2D eigenvalue weighted by Gasteiger charge is -2.12. The van der Waals surface area contributed by atoms with E-state index in [4.69, 9.17) is 18.9 Å². The fraction of sp³-hybridized carbons (Fsp3) is 0.0769. The highest BCUT2D eigenvalue weighted by Crippen LogP contribution is 2.34. The molecule has 1 N–H and O–H groups in total. The fourth-order valence-electron chi connectivity index (χ4n) is 6.94. The van der Waals surface area contributed by atoms with Crippen LogP contribution in [0.5, 0.6) is 40.2 Å². The van der Waals surface area contributed by atoms with E-state index in [9.17, 15) is 29.8 Å². The second kappa shape index (κ2) is 19.1. The maximum atomic E-state index is 13.5. The summed E-state index contributed by atoms with van der Waals surface area (Å²) < 4.78 is 111. The first-order chi connectivity index (χ1) is 31.6. The fourth-order valence-corrected chi connectivity index (χ4v) is 10.2. The maximum Gasteiger partial charge on any atom is 0.298 e. The molecule has 0 bridgehead atoms. The molecular formula is C52H42O11S3. The zero-order chi connectivity index (χ0) is 46.5. The molecule has 0 saturated carbocycles. The van der Waals surface area contributed by atoms with Crippen LogP contribution in [-0.4, -0.2) is 36.9 Å². The van der Waals surface area contributed by atoms with Gasteiger partial charge in [0.1, 0.15) is 45.1 Å². The Hall–Kier alpha value is -7.23. The highest BCUT2D eigenvalue weighted by Gasteiger charge is 2.25. The monoisotopic (exact) mass is 938 g/mol. The van der Waals surface area contributed by atoms with Crippen LogP contribution >= 0.6 is 0 Å². The number of benzene rings is 8. The molecule has 0 aliphatic heterocycles. The van der Waals surface area contributed by atoms with E-state index < -0.39 is 34.7 Å². The Kier molecular flexibility index (Phi) is 13.1. The summed E-state index contributed by atoms with van der Waals surface area (Å²) in [6.45, 7) is 1.81. The lowest BCUT2D eigenvalue weighted by molar-refractivity contribution is 0.414. The molecule has 0 heterocycles. The largest absolute Gasteiger partial charge is 0.497 e. The maximum absolute atomic E-state index is 13.5. The van der Waals surface area contributed by atoms with Crippen molar-refractivity contribution in [2.24, 2.45) is 0 Å². The van der Waals surface area contributed by atoms with Crippen LogP contribution in [0.2, 0.25) is 0 Å². The van der Waals surface area contributed by atoms with Crippen LogP contribution < -0.4 is 18.9 Å². The average Bonchev–Trinajstić information content (AvgIpc) is 3.31. The quantitative estimate of drug-likeness (QED) is 0.0919. The molecule has 0 saturated heterocycles. The Bertz CT molecular complexity index is 3300. The molecule has 14 heteroatoms. The molecule has 0 aliphatic carbocycles. The van der Waals surface area contributed by atoms with Crippen LogP contribution in [0.25, 0.3) is 0 Å². The molecule has 11 nitrogen and oxygen atoms in total. The van der Waals surface area contributed by atoms with E-state index in [0.29, 0.717) is 29.4 Å². The number of ether oxygens (including phenoxy) is 4. The molecule has 0 spiro atoms. The van der Waals surface area contributed by atoms with Gasteiger partial charge in [0.2, 0.25) is 19.7 Å². The van der Waals surface area contributed by atoms with Crippen molar-refractivity contribution in [3.05, 3.63) is 216 Å². The van der Waals surface area contributed by atoms with Gasteiger partial charge in [0.05, 0.1) is 26.7 Å². The molecule has 0 radical (unpaired) electrons. The Morgan fingerprint density at radius 3 is 1.05 bits per heavy atom. The lowest BCUT2D eigenvalue weighted by Crippen LogP contribution is -2.06. The van der Waals surface area contributed by atoms with Gasteiger partial charge < -0.3 is 18.9 Å². The second-order valence-corrected chi connectivity index (χ2v) is 20.6. The molecule has 0 aromatic heterocycles. The van der Waals surface area contributed by atoms with Crippen molar-refractivity contribution >= 4 is 29.8 Å². The molecule has 334 valence electrons. The van der Waals surface area contributed by atoms with E-state index in [1.165, 1.54) is 48.5 Å². The first-order valence-corrected chi connectivity index (χ1v) is 24.8. The zero-order valence-electron chi connectivity index (χ0n) is 35.6. The van der Waals surface area contributed by atoms with Crippen LogP contribution in [0.15, 0.2) is 213 Å². The number of aryl methyl sites for hydroxylation is 1. The van der Waals surface area contributed by atoms with Crippen LogP contribution in [-0.2, 0) is 42.6 Å². The molecule has 0 fully saturated rings. The van der Waals surface area contributed by atoms with Crippen molar-refractivity contribution in [1.82, 2.24) is 0 Å². The first-order valence-electron chi connectivity index (χ1n) is 20.4. The predicted molar refractivity (Wildman–Crippen MR) is 249 cm³/mol. The van der Waals surface area contributed by atoms with Gasteiger partial charge in [-0.1, -0.05) is 66.2 Å². The van der Waals surface area contributed by atoms with Gasteiger partial charge in [-0.2, -0.15) is 8.42 Å². The van der Waals surface area contributed by atoms with Crippen LogP contribution in [0.4, 0.5) is 0 Å². The third kappa shape index (κ3) is 10.8. The van der Waals surface area contributed by atoms with Gasteiger partial charge in [0.25, 0.3) is 10.1 Å². The standard InChI is InChI=1S/C52H42O11S3/c1-36-3-25-47(26-4-36)65(55,56)50-31-32-51(52(35-50)66(57,58)59)63-46-19-11-40(12-20-46)34-39-9-17-43(18-10-39)62-45-23-29-49(30-24-45)64(53,54)48-27-21-44(22-28-48)61-42-15-7-38(8-16-42)33-37-5-13-41(60-2)14-6-37/h3-32,35H,33-34H2,1-2H3,(H,57,58,59). The van der Waals surface area contributed by atoms with Crippen molar-refractivity contribution in [3.8, 4) is 40.2 Å². The Morgan fingerprint density at radius 1 is 0.379 bits per heavy atom. The minimum absolute atomic E-state index is 0.0202. The van der Waals surface area contributed by atoms with Crippen molar-refractivity contribution in [2.75, 3.05) is 7.11 Å². The van der Waals surface area contributed by atoms with Crippen LogP contribution in [0.3, 0.4) is 0 Å². The van der Waals surface area contributed by atoms with Crippen molar-refractivity contribution in [3.63, 3.8) is 0 Å². The molecule has 0 atom stereocenters. The molecule has 8 aromatic carbocycles. The number of methoxy groups -OCH3 is 1. The number of hydrogen-bond acceptors (Lipinski definition) is 10. The van der Waals surface area contributed by atoms with Gasteiger partial charge in [-0.25, -0.2) is 16.8 Å². The van der Waals surface area contributed by atoms with E-state index in [-0.39, 0.29) is 31.1 Å². The zero-order valence-corrected chi connectivity index (χ0v) is 38.0. The van der Waals surface area contributed by atoms with E-state index in [0.717, 1.165) is 46.1 Å². The Morgan fingerprint density at radius 2 is 0.682 bits per heavy atom. The lowest BCUT2D eigenvalue weighted by atomic mass is 10.0. The minimum Gasteiger partial charge on any atom is -0.497 e. The molecule has 66 heavy (non-hydrogen) atoms. The average molecular weight is 939 g/mol. The van der Waals surface area contributed by atoms with E-state index in [1.54, 1.807) is 79.9 Å². The number of rotatable bonds is 16. The van der Waals surface area contributed by atoms with Gasteiger partial charge >= 0.3 is 0 Å². The van der Waals surface area contributed by atoms with E-state index in [2.05, 4.69) is 0 Å². The first kappa shape index (κ1) is 45.3. The summed E-state index contributed by atoms with van der Waals surface area (Å²) in [7, 11) is -11.1. The van der Waals surface area contributed by atoms with Gasteiger partial charge in [-0.3, -0.25) is 4.55 Å². The second-order valence-electron chi connectivity index (χ2n) is 15.3. The van der Waals surface area contributed by atoms with Gasteiger partial charge in [-0.15, -0.1) is 0 Å². The van der Waals surface area contributed by atoms with Crippen molar-refractivity contribution in [1.29, 1.82) is 0 Å². The molecule has 8 rings (SSSR count). The molecule has 8 aromatic rings. The number of sulfone groups is 2. The topological polar surface area (TPSA) is 160 Å². The van der Waals surface area contributed by atoms with Gasteiger partial charge in [0, 0.05) is 0 Å². The van der Waals surface area contributed by atoms with Gasteiger partial charge in [0.15, 0.2) is 0 Å². The van der Waals surface area contributed by atoms with Crippen molar-refractivity contribution < 1.29 is 48.8 Å². The third-order valence-corrected chi connectivity index (χ3v) is 15.0. The Labute approximate surface area is 384 Å². The van der Waals surface area contributed by atoms with Crippen molar-refractivity contribution in [2.45, 2.75) is 44.2 Å². The van der Waals surface area contributed by atoms with Gasteiger partial charge in [-0.05, 0) is 169 Å². The third-order valence-electron chi connectivity index (χ3n) is 10.5.